The zero-order valence-electron chi connectivity index (χ0n) is 15.0. The number of rotatable bonds is 9. The first-order chi connectivity index (χ1) is 13.6. The van der Waals surface area contributed by atoms with E-state index in [4.69, 9.17) is 21.1 Å². The summed E-state index contributed by atoms with van der Waals surface area (Å²) in [6.07, 6.45) is -1.34. The number of ether oxygens (including phenoxy) is 3. The second-order valence-corrected chi connectivity index (χ2v) is 5.90. The van der Waals surface area contributed by atoms with Crippen molar-refractivity contribution in [3.05, 3.63) is 71.8 Å². The molecule has 0 aromatic heterocycles. The van der Waals surface area contributed by atoms with Crippen LogP contribution in [0.2, 0.25) is 0 Å². The van der Waals surface area contributed by atoms with Gasteiger partial charge < -0.3 is 19.5 Å². The number of benzene rings is 2. The number of alkyl carbamates (subject to hydrolysis) is 1. The third-order valence-electron chi connectivity index (χ3n) is 3.60. The highest BCUT2D eigenvalue weighted by Gasteiger charge is 2.27. The van der Waals surface area contributed by atoms with E-state index in [2.05, 4.69) is 10.1 Å². The van der Waals surface area contributed by atoms with Crippen LogP contribution < -0.4 is 5.32 Å². The van der Waals surface area contributed by atoms with E-state index in [-0.39, 0.29) is 13.2 Å². The van der Waals surface area contributed by atoms with Crippen LogP contribution in [0.4, 0.5) is 4.79 Å². The van der Waals surface area contributed by atoms with Gasteiger partial charge in [-0.15, -0.1) is 0 Å². The van der Waals surface area contributed by atoms with E-state index in [1.54, 1.807) is 36.4 Å². The van der Waals surface area contributed by atoms with E-state index in [1.807, 2.05) is 24.3 Å². The number of carbonyl (C=O) groups excluding carboxylic acids is 3. The average Bonchev–Trinajstić information content (AvgIpc) is 2.71. The third-order valence-corrected chi connectivity index (χ3v) is 3.71. The van der Waals surface area contributed by atoms with Gasteiger partial charge in [0.2, 0.25) is 0 Å². The van der Waals surface area contributed by atoms with E-state index in [0.717, 1.165) is 11.1 Å². The lowest BCUT2D eigenvalue weighted by molar-refractivity contribution is -0.154. The van der Waals surface area contributed by atoms with Crippen LogP contribution >= 0.6 is 11.6 Å². The van der Waals surface area contributed by atoms with Gasteiger partial charge in [-0.25, -0.2) is 9.59 Å². The lowest BCUT2D eigenvalue weighted by Crippen LogP contribution is -2.43. The molecular formula is C20H20ClNO6. The molecule has 0 unspecified atom stereocenters. The van der Waals surface area contributed by atoms with E-state index in [1.165, 1.54) is 0 Å². The number of hydrogen-bond acceptors (Lipinski definition) is 6. The summed E-state index contributed by atoms with van der Waals surface area (Å²) in [5.41, 5.74) is 1.57. The van der Waals surface area contributed by atoms with E-state index < -0.39 is 36.6 Å². The van der Waals surface area contributed by atoms with Gasteiger partial charge in [-0.3, -0.25) is 4.79 Å². The molecule has 8 heteroatoms. The largest absolute Gasteiger partial charge is 0.461 e. The standard InChI is InChI=1S/C20H20ClNO6/c21-14-28-20(25)22-17(19(24)27-13-16-9-5-2-6-10-16)11-18(23)26-12-15-7-3-1-4-8-15/h1-10,17H,11-14H2,(H,22,25)/t17-/m0/s1. The molecule has 0 radical (unpaired) electrons. The molecule has 7 nitrogen and oxygen atoms in total. The minimum atomic E-state index is -1.26. The van der Waals surface area contributed by atoms with Crippen molar-refractivity contribution >= 4 is 29.6 Å². The molecule has 2 aromatic carbocycles. The molecule has 2 rings (SSSR count). The predicted molar refractivity (Wildman–Crippen MR) is 101 cm³/mol. The van der Waals surface area contributed by atoms with Crippen molar-refractivity contribution in [2.24, 2.45) is 0 Å². The number of esters is 2. The molecule has 0 saturated heterocycles. The Bertz CT molecular complexity index is 769. The Morgan fingerprint density at radius 1 is 0.821 bits per heavy atom. The summed E-state index contributed by atoms with van der Waals surface area (Å²) >= 11 is 5.33. The maximum absolute atomic E-state index is 12.3. The van der Waals surface area contributed by atoms with Gasteiger partial charge in [-0.2, -0.15) is 0 Å². The van der Waals surface area contributed by atoms with E-state index in [9.17, 15) is 14.4 Å². The SMILES string of the molecule is O=C(C[C@H](NC(=O)OCCl)C(=O)OCc1ccccc1)OCc1ccccc1. The second-order valence-electron chi connectivity index (χ2n) is 5.68. The summed E-state index contributed by atoms with van der Waals surface area (Å²) in [4.78, 5) is 36.0. The fraction of sp³-hybridized carbons (Fsp3) is 0.250. The van der Waals surface area contributed by atoms with E-state index in [0.29, 0.717) is 0 Å². The van der Waals surface area contributed by atoms with Crippen molar-refractivity contribution < 1.29 is 28.6 Å². The molecule has 0 aliphatic heterocycles. The van der Waals surface area contributed by atoms with Crippen molar-refractivity contribution in [2.75, 3.05) is 6.07 Å². The molecule has 28 heavy (non-hydrogen) atoms. The zero-order chi connectivity index (χ0) is 20.2. The fourth-order valence-corrected chi connectivity index (χ4v) is 2.32. The maximum Gasteiger partial charge on any atom is 0.409 e. The number of hydrogen-bond donors (Lipinski definition) is 1. The highest BCUT2D eigenvalue weighted by atomic mass is 35.5. The minimum Gasteiger partial charge on any atom is -0.461 e. The first-order valence-electron chi connectivity index (χ1n) is 8.48. The van der Waals surface area contributed by atoms with Crippen LogP contribution in [0, 0.1) is 0 Å². The summed E-state index contributed by atoms with van der Waals surface area (Å²) in [5.74, 6) is -1.45. The summed E-state index contributed by atoms with van der Waals surface area (Å²) in [5, 5.41) is 2.26. The van der Waals surface area contributed by atoms with Crippen molar-refractivity contribution in [2.45, 2.75) is 25.7 Å². The Hall–Kier alpha value is -3.06. The molecule has 0 saturated carbocycles. The summed E-state index contributed by atoms with van der Waals surface area (Å²) in [7, 11) is 0. The molecule has 1 atom stereocenters. The fourth-order valence-electron chi connectivity index (χ4n) is 2.22. The Kier molecular flexibility index (Phi) is 8.81. The minimum absolute atomic E-state index is 0.00146. The summed E-state index contributed by atoms with van der Waals surface area (Å²) < 4.78 is 14.9. The second kappa shape index (κ2) is 11.6. The van der Waals surface area contributed by atoms with Crippen LogP contribution in [0.5, 0.6) is 0 Å². The number of amides is 1. The normalized spacial score (nSPS) is 11.2. The van der Waals surface area contributed by atoms with Gasteiger partial charge in [0, 0.05) is 0 Å². The zero-order valence-corrected chi connectivity index (χ0v) is 15.8. The van der Waals surface area contributed by atoms with Crippen molar-refractivity contribution in [1.82, 2.24) is 5.32 Å². The number of nitrogens with one attached hydrogen (secondary N) is 1. The van der Waals surface area contributed by atoms with Crippen molar-refractivity contribution in [3.8, 4) is 0 Å². The van der Waals surface area contributed by atoms with Crippen molar-refractivity contribution in [3.63, 3.8) is 0 Å². The summed E-state index contributed by atoms with van der Waals surface area (Å²) in [6, 6.07) is 16.4. The Balaban J connectivity index is 1.92. The van der Waals surface area contributed by atoms with Crippen LogP contribution in [0.3, 0.4) is 0 Å². The molecule has 0 bridgehead atoms. The van der Waals surface area contributed by atoms with Gasteiger partial charge in [-0.05, 0) is 11.1 Å². The third kappa shape index (κ3) is 7.67. The topological polar surface area (TPSA) is 90.9 Å². The molecule has 0 heterocycles. The molecule has 1 amide bonds. The van der Waals surface area contributed by atoms with Crippen molar-refractivity contribution in [1.29, 1.82) is 0 Å². The Morgan fingerprint density at radius 2 is 1.36 bits per heavy atom. The summed E-state index contributed by atoms with van der Waals surface area (Å²) in [6.45, 7) is 0.0546. The van der Waals surface area contributed by atoms with Gasteiger partial charge in [-0.1, -0.05) is 72.3 Å². The van der Waals surface area contributed by atoms with Gasteiger partial charge in [0.25, 0.3) is 0 Å². The molecule has 0 fully saturated rings. The van der Waals surface area contributed by atoms with Crippen LogP contribution in [0.1, 0.15) is 17.5 Å². The first kappa shape index (κ1) is 21.2. The average molecular weight is 406 g/mol. The number of halogens is 1. The molecule has 0 aliphatic carbocycles. The molecule has 2 aromatic rings. The molecule has 1 N–H and O–H groups in total. The Labute approximate surface area is 167 Å². The highest BCUT2D eigenvalue weighted by molar-refractivity contribution is 6.17. The molecule has 0 spiro atoms. The van der Waals surface area contributed by atoms with Crippen LogP contribution in [0.15, 0.2) is 60.7 Å². The number of alkyl halides is 1. The van der Waals surface area contributed by atoms with Gasteiger partial charge >= 0.3 is 18.0 Å². The quantitative estimate of drug-likeness (QED) is 0.391. The van der Waals surface area contributed by atoms with Crippen LogP contribution in [-0.4, -0.2) is 30.1 Å². The Morgan fingerprint density at radius 3 is 1.89 bits per heavy atom. The molecule has 0 aliphatic rings. The molecule has 148 valence electrons. The molecular weight excluding hydrogens is 386 g/mol. The van der Waals surface area contributed by atoms with Crippen LogP contribution in [0.25, 0.3) is 0 Å². The monoisotopic (exact) mass is 405 g/mol. The highest BCUT2D eigenvalue weighted by Crippen LogP contribution is 2.07. The van der Waals surface area contributed by atoms with E-state index >= 15 is 0 Å². The smallest absolute Gasteiger partial charge is 0.409 e. The lowest BCUT2D eigenvalue weighted by atomic mass is 10.2. The van der Waals surface area contributed by atoms with Gasteiger partial charge in [0.15, 0.2) is 6.07 Å². The maximum atomic E-state index is 12.3. The first-order valence-corrected chi connectivity index (χ1v) is 9.01. The van der Waals surface area contributed by atoms with Crippen LogP contribution in [-0.2, 0) is 37.0 Å². The lowest BCUT2D eigenvalue weighted by Gasteiger charge is -2.17. The van der Waals surface area contributed by atoms with Gasteiger partial charge in [0.05, 0.1) is 6.42 Å². The van der Waals surface area contributed by atoms with Gasteiger partial charge in [0.1, 0.15) is 19.3 Å². The predicted octanol–water partition coefficient (Wildman–Crippen LogP) is 3.15. The number of carbonyl (C=O) groups is 3.